The summed E-state index contributed by atoms with van der Waals surface area (Å²) < 4.78 is 0. The van der Waals surface area contributed by atoms with Crippen molar-refractivity contribution in [3.8, 4) is 17.3 Å². The fourth-order valence-corrected chi connectivity index (χ4v) is 3.31. The lowest BCUT2D eigenvalue weighted by molar-refractivity contribution is 0.975. The molecule has 26 heavy (non-hydrogen) atoms. The molecule has 6 heteroatoms. The lowest BCUT2D eigenvalue weighted by Crippen LogP contribution is -2.03. The number of thioether (sulfide) groups is 2. The van der Waals surface area contributed by atoms with E-state index in [2.05, 4.69) is 21.4 Å². The van der Waals surface area contributed by atoms with Gasteiger partial charge in [-0.3, -0.25) is 0 Å². The smallest absolute Gasteiger partial charge is 0.189 e. The van der Waals surface area contributed by atoms with Crippen LogP contribution in [0.5, 0.6) is 0 Å². The van der Waals surface area contributed by atoms with Crippen molar-refractivity contribution >= 4 is 35.0 Å². The SMILES string of the molecule is CSc1cccc(Nc2nc(SC)nc(-c3ccc(C)cc3)c2C#N)c1. The third kappa shape index (κ3) is 4.01. The minimum absolute atomic E-state index is 0.446. The van der Waals surface area contributed by atoms with Gasteiger partial charge in [0.25, 0.3) is 0 Å². The second kappa shape index (κ2) is 8.26. The maximum atomic E-state index is 9.78. The molecule has 0 spiro atoms. The van der Waals surface area contributed by atoms with E-state index in [0.717, 1.165) is 16.1 Å². The molecule has 1 aromatic heterocycles. The van der Waals surface area contributed by atoms with Gasteiger partial charge >= 0.3 is 0 Å². The van der Waals surface area contributed by atoms with E-state index in [1.165, 1.54) is 17.3 Å². The van der Waals surface area contributed by atoms with Crippen LogP contribution in [0.25, 0.3) is 11.3 Å². The van der Waals surface area contributed by atoms with Crippen molar-refractivity contribution in [3.63, 3.8) is 0 Å². The molecule has 0 saturated heterocycles. The lowest BCUT2D eigenvalue weighted by Gasteiger charge is -2.13. The van der Waals surface area contributed by atoms with Gasteiger partial charge in [0.2, 0.25) is 0 Å². The maximum absolute atomic E-state index is 9.78. The van der Waals surface area contributed by atoms with Crippen LogP contribution in [0.3, 0.4) is 0 Å². The molecule has 130 valence electrons. The van der Waals surface area contributed by atoms with Crippen molar-refractivity contribution in [3.05, 3.63) is 59.7 Å². The van der Waals surface area contributed by atoms with E-state index in [0.29, 0.717) is 22.2 Å². The van der Waals surface area contributed by atoms with Crippen LogP contribution in [-0.2, 0) is 0 Å². The summed E-state index contributed by atoms with van der Waals surface area (Å²) in [6.45, 7) is 2.04. The highest BCUT2D eigenvalue weighted by Crippen LogP contribution is 2.31. The van der Waals surface area contributed by atoms with Crippen LogP contribution < -0.4 is 5.32 Å². The number of nitriles is 1. The molecule has 0 aliphatic heterocycles. The van der Waals surface area contributed by atoms with Crippen molar-refractivity contribution in [2.75, 3.05) is 17.8 Å². The number of hydrogen-bond donors (Lipinski definition) is 1. The minimum atomic E-state index is 0.446. The molecular formula is C20H18N4S2. The molecule has 0 saturated carbocycles. The van der Waals surface area contributed by atoms with Gasteiger partial charge in [0.05, 0.1) is 5.69 Å². The average molecular weight is 379 g/mol. The Labute approximate surface area is 162 Å². The largest absolute Gasteiger partial charge is 0.339 e. The number of nitrogens with one attached hydrogen (secondary N) is 1. The summed E-state index contributed by atoms with van der Waals surface area (Å²) >= 11 is 3.13. The van der Waals surface area contributed by atoms with E-state index in [1.807, 2.05) is 68.0 Å². The van der Waals surface area contributed by atoms with E-state index < -0.39 is 0 Å². The summed E-state index contributed by atoms with van der Waals surface area (Å²) in [5.41, 5.74) is 4.06. The third-order valence-electron chi connectivity index (χ3n) is 3.84. The summed E-state index contributed by atoms with van der Waals surface area (Å²) in [7, 11) is 0. The second-order valence-electron chi connectivity index (χ2n) is 5.62. The van der Waals surface area contributed by atoms with Crippen LogP contribution in [0.2, 0.25) is 0 Å². The van der Waals surface area contributed by atoms with E-state index >= 15 is 0 Å². The zero-order chi connectivity index (χ0) is 18.5. The van der Waals surface area contributed by atoms with Crippen LogP contribution >= 0.6 is 23.5 Å². The van der Waals surface area contributed by atoms with E-state index in [9.17, 15) is 5.26 Å². The molecule has 0 fully saturated rings. The Balaban J connectivity index is 2.10. The van der Waals surface area contributed by atoms with Gasteiger partial charge in [-0.2, -0.15) is 5.26 Å². The molecule has 0 radical (unpaired) electrons. The van der Waals surface area contributed by atoms with Gasteiger partial charge in [-0.25, -0.2) is 9.97 Å². The average Bonchev–Trinajstić information content (AvgIpc) is 2.68. The zero-order valence-electron chi connectivity index (χ0n) is 14.8. The summed E-state index contributed by atoms with van der Waals surface area (Å²) in [6.07, 6.45) is 3.96. The molecule has 1 heterocycles. The Bertz CT molecular complexity index is 963. The number of rotatable bonds is 5. The normalized spacial score (nSPS) is 10.4. The molecule has 2 aromatic carbocycles. The highest BCUT2D eigenvalue weighted by atomic mass is 32.2. The van der Waals surface area contributed by atoms with Gasteiger partial charge in [0.1, 0.15) is 11.6 Å². The molecule has 0 atom stereocenters. The van der Waals surface area contributed by atoms with Crippen LogP contribution in [0, 0.1) is 18.3 Å². The Morgan fingerprint density at radius 2 is 1.77 bits per heavy atom. The predicted octanol–water partition coefficient (Wildman–Crippen LogP) is 5.51. The van der Waals surface area contributed by atoms with Gasteiger partial charge in [0, 0.05) is 16.1 Å². The number of aromatic nitrogens is 2. The standard InChI is InChI=1S/C20H18N4S2/c1-13-7-9-14(10-8-13)18-17(12-21)19(24-20(23-18)26-3)22-15-5-4-6-16(11-15)25-2/h4-11H,1-3H3,(H,22,23,24). The minimum Gasteiger partial charge on any atom is -0.339 e. The number of aryl methyl sites for hydroxylation is 1. The van der Waals surface area contributed by atoms with Crippen molar-refractivity contribution in [1.29, 1.82) is 5.26 Å². The first-order chi connectivity index (χ1) is 12.6. The quantitative estimate of drug-likeness (QED) is 0.466. The van der Waals surface area contributed by atoms with Crippen LogP contribution in [0.15, 0.2) is 58.6 Å². The molecular weight excluding hydrogens is 360 g/mol. The van der Waals surface area contributed by atoms with Crippen molar-refractivity contribution < 1.29 is 0 Å². The summed E-state index contributed by atoms with van der Waals surface area (Å²) in [6, 6.07) is 18.3. The van der Waals surface area contributed by atoms with Gasteiger partial charge < -0.3 is 5.32 Å². The number of nitrogens with zero attached hydrogens (tertiary/aromatic N) is 3. The number of hydrogen-bond acceptors (Lipinski definition) is 6. The second-order valence-corrected chi connectivity index (χ2v) is 7.27. The van der Waals surface area contributed by atoms with E-state index in [4.69, 9.17) is 0 Å². The predicted molar refractivity (Wildman–Crippen MR) is 110 cm³/mol. The maximum Gasteiger partial charge on any atom is 0.189 e. The van der Waals surface area contributed by atoms with Gasteiger partial charge in [0.15, 0.2) is 11.0 Å². The number of benzene rings is 2. The van der Waals surface area contributed by atoms with Crippen LogP contribution in [-0.4, -0.2) is 22.5 Å². The first-order valence-electron chi connectivity index (χ1n) is 7.99. The van der Waals surface area contributed by atoms with Crippen molar-refractivity contribution in [2.45, 2.75) is 17.0 Å². The highest BCUT2D eigenvalue weighted by molar-refractivity contribution is 7.98. The van der Waals surface area contributed by atoms with Crippen molar-refractivity contribution in [2.24, 2.45) is 0 Å². The Hall–Kier alpha value is -2.49. The van der Waals surface area contributed by atoms with Gasteiger partial charge in [-0.05, 0) is 37.6 Å². The zero-order valence-corrected chi connectivity index (χ0v) is 16.4. The molecule has 0 amide bonds. The third-order valence-corrected chi connectivity index (χ3v) is 5.11. The summed E-state index contributed by atoms with van der Waals surface area (Å²) in [5.74, 6) is 0.528. The molecule has 3 aromatic rings. The highest BCUT2D eigenvalue weighted by Gasteiger charge is 2.16. The summed E-state index contributed by atoms with van der Waals surface area (Å²) in [5, 5.41) is 13.7. The Morgan fingerprint density at radius 3 is 2.42 bits per heavy atom. The first kappa shape index (κ1) is 18.3. The number of anilines is 2. The fourth-order valence-electron chi connectivity index (χ4n) is 2.49. The van der Waals surface area contributed by atoms with E-state index in [1.54, 1.807) is 11.8 Å². The van der Waals surface area contributed by atoms with Gasteiger partial charge in [-0.1, -0.05) is 47.7 Å². The monoisotopic (exact) mass is 378 g/mol. The lowest BCUT2D eigenvalue weighted by atomic mass is 10.1. The van der Waals surface area contributed by atoms with Crippen LogP contribution in [0.4, 0.5) is 11.5 Å². The molecule has 0 unspecified atom stereocenters. The molecule has 0 bridgehead atoms. The Morgan fingerprint density at radius 1 is 1.00 bits per heavy atom. The van der Waals surface area contributed by atoms with Crippen LogP contribution in [0.1, 0.15) is 11.1 Å². The molecule has 1 N–H and O–H groups in total. The molecule has 4 nitrogen and oxygen atoms in total. The molecule has 0 aliphatic carbocycles. The summed E-state index contributed by atoms with van der Waals surface area (Å²) in [4.78, 5) is 10.3. The molecule has 3 rings (SSSR count). The topological polar surface area (TPSA) is 61.6 Å². The molecule has 0 aliphatic rings. The fraction of sp³-hybridized carbons (Fsp3) is 0.150. The Kier molecular flexibility index (Phi) is 5.82. The van der Waals surface area contributed by atoms with Crippen molar-refractivity contribution in [1.82, 2.24) is 9.97 Å². The first-order valence-corrected chi connectivity index (χ1v) is 10.4. The van der Waals surface area contributed by atoms with Gasteiger partial charge in [-0.15, -0.1) is 11.8 Å². The van der Waals surface area contributed by atoms with E-state index in [-0.39, 0.29) is 0 Å².